The number of benzene rings is 2. The van der Waals surface area contributed by atoms with Crippen LogP contribution in [0.15, 0.2) is 57.9 Å². The zero-order valence-electron chi connectivity index (χ0n) is 10.6. The highest BCUT2D eigenvalue weighted by molar-refractivity contribution is 9.10. The van der Waals surface area contributed by atoms with Gasteiger partial charge in [0, 0.05) is 11.5 Å². The van der Waals surface area contributed by atoms with E-state index in [0.717, 1.165) is 0 Å². The lowest BCUT2D eigenvalue weighted by Crippen LogP contribution is -2.26. The molecule has 2 aromatic rings. The second-order valence-corrected chi connectivity index (χ2v) is 6.85. The fourth-order valence-electron chi connectivity index (χ4n) is 1.69. The Morgan fingerprint density at radius 1 is 1.10 bits per heavy atom. The number of rotatable bonds is 3. The summed E-state index contributed by atoms with van der Waals surface area (Å²) in [5.41, 5.74) is 0.986. The largest absolute Gasteiger partial charge is 0.269 e. The molecule has 20 heavy (non-hydrogen) atoms. The van der Waals surface area contributed by atoms with Crippen molar-refractivity contribution in [3.63, 3.8) is 0 Å². The molecular formula is C14H11BrN2O2S. The summed E-state index contributed by atoms with van der Waals surface area (Å²) in [5, 5.41) is 8.75. The van der Waals surface area contributed by atoms with E-state index < -0.39 is 10.0 Å². The van der Waals surface area contributed by atoms with Gasteiger partial charge in [-0.15, -0.1) is 0 Å². The molecule has 0 radical (unpaired) electrons. The maximum atomic E-state index is 12.5. The van der Waals surface area contributed by atoms with Crippen LogP contribution in [0.3, 0.4) is 0 Å². The Morgan fingerprint density at radius 2 is 1.70 bits per heavy atom. The summed E-state index contributed by atoms with van der Waals surface area (Å²) in [5.74, 6) is 0. The summed E-state index contributed by atoms with van der Waals surface area (Å²) in [6.07, 6.45) is 0. The Morgan fingerprint density at radius 3 is 2.25 bits per heavy atom. The van der Waals surface area contributed by atoms with E-state index in [1.54, 1.807) is 48.5 Å². The topological polar surface area (TPSA) is 61.2 Å². The molecule has 0 atom stereocenters. The minimum absolute atomic E-state index is 0.201. The Balaban J connectivity index is 2.44. The van der Waals surface area contributed by atoms with Crippen LogP contribution in [0.4, 0.5) is 5.69 Å². The van der Waals surface area contributed by atoms with E-state index >= 15 is 0 Å². The number of hydrogen-bond acceptors (Lipinski definition) is 3. The zero-order valence-corrected chi connectivity index (χ0v) is 13.0. The van der Waals surface area contributed by atoms with Crippen molar-refractivity contribution in [2.24, 2.45) is 0 Å². The minimum Gasteiger partial charge on any atom is -0.269 e. The molecule has 0 bridgehead atoms. The third kappa shape index (κ3) is 2.69. The van der Waals surface area contributed by atoms with E-state index in [1.165, 1.54) is 11.4 Å². The van der Waals surface area contributed by atoms with Gasteiger partial charge in [-0.2, -0.15) is 5.26 Å². The van der Waals surface area contributed by atoms with E-state index in [2.05, 4.69) is 15.9 Å². The van der Waals surface area contributed by atoms with Crippen molar-refractivity contribution in [2.45, 2.75) is 4.90 Å². The predicted octanol–water partition coefficient (Wildman–Crippen LogP) is 3.15. The molecule has 4 nitrogen and oxygen atoms in total. The first-order valence-corrected chi connectivity index (χ1v) is 7.94. The van der Waals surface area contributed by atoms with Gasteiger partial charge in [-0.1, -0.05) is 12.1 Å². The Bertz CT molecular complexity index is 765. The summed E-state index contributed by atoms with van der Waals surface area (Å²) < 4.78 is 26.8. The van der Waals surface area contributed by atoms with Crippen molar-refractivity contribution in [1.82, 2.24) is 0 Å². The third-order valence-corrected chi connectivity index (χ3v) is 5.63. The van der Waals surface area contributed by atoms with Gasteiger partial charge in [0.05, 0.1) is 17.3 Å². The molecule has 2 rings (SSSR count). The molecule has 0 saturated carbocycles. The standard InChI is InChI=1S/C14H11BrN2O2S/c1-17(12-8-6-11(10-16)7-9-12)20(18,19)14-5-3-2-4-13(14)15/h2-9H,1H3. The number of halogens is 1. The van der Waals surface area contributed by atoms with Gasteiger partial charge in [-0.3, -0.25) is 4.31 Å². The first-order valence-electron chi connectivity index (χ1n) is 5.70. The number of hydrogen-bond donors (Lipinski definition) is 0. The molecule has 0 fully saturated rings. The lowest BCUT2D eigenvalue weighted by molar-refractivity contribution is 0.594. The molecule has 6 heteroatoms. The van der Waals surface area contributed by atoms with Gasteiger partial charge in [0.25, 0.3) is 10.0 Å². The second kappa shape index (κ2) is 5.65. The molecule has 0 aliphatic carbocycles. The number of anilines is 1. The Labute approximate surface area is 126 Å². The van der Waals surface area contributed by atoms with Crippen LogP contribution in [0.5, 0.6) is 0 Å². The molecule has 0 aliphatic heterocycles. The lowest BCUT2D eigenvalue weighted by Gasteiger charge is -2.20. The normalized spacial score (nSPS) is 10.8. The third-order valence-electron chi connectivity index (χ3n) is 2.84. The van der Waals surface area contributed by atoms with Crippen LogP contribution in [0.2, 0.25) is 0 Å². The van der Waals surface area contributed by atoms with Crippen LogP contribution < -0.4 is 4.31 Å². The monoisotopic (exact) mass is 350 g/mol. The molecule has 0 spiro atoms. The molecule has 0 N–H and O–H groups in total. The molecule has 102 valence electrons. The van der Waals surface area contributed by atoms with Crippen LogP contribution in [0.1, 0.15) is 5.56 Å². The lowest BCUT2D eigenvalue weighted by atomic mass is 10.2. The van der Waals surface area contributed by atoms with Gasteiger partial charge in [0.1, 0.15) is 4.90 Å². The average molecular weight is 351 g/mol. The van der Waals surface area contributed by atoms with Crippen molar-refractivity contribution >= 4 is 31.6 Å². The molecule has 0 aromatic heterocycles. The predicted molar refractivity (Wildman–Crippen MR) is 80.9 cm³/mol. The molecule has 0 heterocycles. The first kappa shape index (κ1) is 14.6. The Kier molecular flexibility index (Phi) is 4.12. The van der Waals surface area contributed by atoms with Gasteiger partial charge in [0.2, 0.25) is 0 Å². The summed E-state index contributed by atoms with van der Waals surface area (Å²) in [4.78, 5) is 0.201. The first-order chi connectivity index (χ1) is 9.46. The fourth-order valence-corrected chi connectivity index (χ4v) is 3.84. The Hall–Kier alpha value is -1.84. The highest BCUT2D eigenvalue weighted by Crippen LogP contribution is 2.27. The number of nitriles is 1. The van der Waals surface area contributed by atoms with E-state index in [-0.39, 0.29) is 4.90 Å². The van der Waals surface area contributed by atoms with E-state index in [4.69, 9.17) is 5.26 Å². The molecule has 0 amide bonds. The van der Waals surface area contributed by atoms with Crippen molar-refractivity contribution in [2.75, 3.05) is 11.4 Å². The number of sulfonamides is 1. The summed E-state index contributed by atoms with van der Waals surface area (Å²) in [6, 6.07) is 15.0. The second-order valence-electron chi connectivity index (χ2n) is 4.06. The van der Waals surface area contributed by atoms with Gasteiger partial charge in [-0.05, 0) is 52.3 Å². The SMILES string of the molecule is CN(c1ccc(C#N)cc1)S(=O)(=O)c1ccccc1Br. The van der Waals surface area contributed by atoms with Gasteiger partial charge >= 0.3 is 0 Å². The van der Waals surface area contributed by atoms with Gasteiger partial charge < -0.3 is 0 Å². The summed E-state index contributed by atoms with van der Waals surface area (Å²) in [6.45, 7) is 0. The minimum atomic E-state index is -3.64. The molecular weight excluding hydrogens is 340 g/mol. The highest BCUT2D eigenvalue weighted by atomic mass is 79.9. The zero-order chi connectivity index (χ0) is 14.8. The van der Waals surface area contributed by atoms with Crippen LogP contribution in [-0.2, 0) is 10.0 Å². The van der Waals surface area contributed by atoms with Crippen LogP contribution >= 0.6 is 15.9 Å². The maximum absolute atomic E-state index is 12.5. The molecule has 0 unspecified atom stereocenters. The quantitative estimate of drug-likeness (QED) is 0.854. The van der Waals surface area contributed by atoms with Crippen molar-refractivity contribution in [3.05, 3.63) is 58.6 Å². The average Bonchev–Trinajstić information content (AvgIpc) is 2.47. The maximum Gasteiger partial charge on any atom is 0.265 e. The van der Waals surface area contributed by atoms with E-state index in [9.17, 15) is 8.42 Å². The smallest absolute Gasteiger partial charge is 0.265 e. The number of nitrogens with zero attached hydrogens (tertiary/aromatic N) is 2. The summed E-state index contributed by atoms with van der Waals surface area (Å²) >= 11 is 3.25. The molecule has 0 aliphatic rings. The summed E-state index contributed by atoms with van der Waals surface area (Å²) in [7, 11) is -2.16. The van der Waals surface area contributed by atoms with Crippen molar-refractivity contribution < 1.29 is 8.42 Å². The highest BCUT2D eigenvalue weighted by Gasteiger charge is 2.23. The van der Waals surface area contributed by atoms with Crippen molar-refractivity contribution in [3.8, 4) is 6.07 Å². The van der Waals surface area contributed by atoms with E-state index in [0.29, 0.717) is 15.7 Å². The molecule has 2 aromatic carbocycles. The van der Waals surface area contributed by atoms with Gasteiger partial charge in [-0.25, -0.2) is 8.42 Å². The fraction of sp³-hybridized carbons (Fsp3) is 0.0714. The van der Waals surface area contributed by atoms with Crippen LogP contribution in [-0.4, -0.2) is 15.5 Å². The van der Waals surface area contributed by atoms with Crippen molar-refractivity contribution in [1.29, 1.82) is 5.26 Å². The van der Waals surface area contributed by atoms with E-state index in [1.807, 2.05) is 6.07 Å². The van der Waals surface area contributed by atoms with Crippen LogP contribution in [0, 0.1) is 11.3 Å². The molecule has 0 saturated heterocycles. The van der Waals surface area contributed by atoms with Gasteiger partial charge in [0.15, 0.2) is 0 Å². The van der Waals surface area contributed by atoms with Crippen LogP contribution in [0.25, 0.3) is 0 Å².